The van der Waals surface area contributed by atoms with Crippen LogP contribution in [0.5, 0.6) is 0 Å². The Morgan fingerprint density at radius 1 is 1.38 bits per heavy atom. The monoisotopic (exact) mass is 328 g/mol. The number of aromatic nitrogens is 1. The summed E-state index contributed by atoms with van der Waals surface area (Å²) in [5, 5.41) is 7.15. The van der Waals surface area contributed by atoms with Crippen LogP contribution >= 0.6 is 23.4 Å². The molecule has 0 aliphatic rings. The van der Waals surface area contributed by atoms with E-state index in [-0.39, 0.29) is 4.75 Å². The van der Waals surface area contributed by atoms with Gasteiger partial charge in [0.15, 0.2) is 5.96 Å². The second-order valence-electron chi connectivity index (χ2n) is 5.32. The van der Waals surface area contributed by atoms with Crippen LogP contribution in [0.15, 0.2) is 23.3 Å². The molecule has 1 heterocycles. The van der Waals surface area contributed by atoms with Crippen molar-refractivity contribution in [1.29, 1.82) is 0 Å². The van der Waals surface area contributed by atoms with E-state index >= 15 is 0 Å². The molecule has 0 amide bonds. The van der Waals surface area contributed by atoms with Gasteiger partial charge in [0, 0.05) is 24.0 Å². The normalized spacial score (nSPS) is 12.3. The summed E-state index contributed by atoms with van der Waals surface area (Å²) in [4.78, 5) is 8.72. The molecule has 0 spiro atoms. The topological polar surface area (TPSA) is 49.3 Å². The predicted molar refractivity (Wildman–Crippen MR) is 94.5 cm³/mol. The summed E-state index contributed by atoms with van der Waals surface area (Å²) >= 11 is 7.60. The highest BCUT2D eigenvalue weighted by Crippen LogP contribution is 2.20. The number of rotatable bonds is 7. The van der Waals surface area contributed by atoms with Gasteiger partial charge >= 0.3 is 0 Å². The van der Waals surface area contributed by atoms with Crippen molar-refractivity contribution >= 4 is 29.3 Å². The summed E-state index contributed by atoms with van der Waals surface area (Å²) in [6.07, 6.45) is 4.81. The molecule has 1 rings (SSSR count). The van der Waals surface area contributed by atoms with E-state index in [1.54, 1.807) is 0 Å². The van der Waals surface area contributed by atoms with Gasteiger partial charge in [-0.2, -0.15) is 11.8 Å². The minimum atomic E-state index is 0.155. The van der Waals surface area contributed by atoms with Gasteiger partial charge in [0.2, 0.25) is 0 Å². The Hall–Kier alpha value is -0.940. The van der Waals surface area contributed by atoms with Crippen molar-refractivity contribution in [3.63, 3.8) is 0 Å². The van der Waals surface area contributed by atoms with Crippen LogP contribution in [0.25, 0.3) is 0 Å². The summed E-state index contributed by atoms with van der Waals surface area (Å²) in [5.41, 5.74) is 1.16. The Labute approximate surface area is 137 Å². The van der Waals surface area contributed by atoms with Crippen LogP contribution in [0, 0.1) is 0 Å². The fourth-order valence-electron chi connectivity index (χ4n) is 1.56. The molecule has 6 heteroatoms. The third kappa shape index (κ3) is 7.58. The number of guanidine groups is 1. The van der Waals surface area contributed by atoms with Crippen molar-refractivity contribution in [3.05, 3.63) is 29.0 Å². The van der Waals surface area contributed by atoms with E-state index in [0.717, 1.165) is 37.6 Å². The average Bonchev–Trinajstić information content (AvgIpc) is 2.47. The first-order valence-corrected chi connectivity index (χ1v) is 8.75. The SMILES string of the molecule is CCNC(=NCC(C)(C)SC)NCCc1ccc(Cl)nc1. The Morgan fingerprint density at radius 3 is 2.71 bits per heavy atom. The highest BCUT2D eigenvalue weighted by molar-refractivity contribution is 7.99. The van der Waals surface area contributed by atoms with Gasteiger partial charge in [0.25, 0.3) is 0 Å². The number of pyridine rings is 1. The first kappa shape index (κ1) is 18.1. The number of halogens is 1. The van der Waals surface area contributed by atoms with Gasteiger partial charge in [-0.15, -0.1) is 0 Å². The average molecular weight is 329 g/mol. The lowest BCUT2D eigenvalue weighted by Gasteiger charge is -2.20. The van der Waals surface area contributed by atoms with Gasteiger partial charge in [0.1, 0.15) is 5.15 Å². The van der Waals surface area contributed by atoms with E-state index < -0.39 is 0 Å². The molecular formula is C15H25ClN4S. The largest absolute Gasteiger partial charge is 0.357 e. The van der Waals surface area contributed by atoms with Crippen LogP contribution in [-0.4, -0.2) is 41.6 Å². The molecule has 4 nitrogen and oxygen atoms in total. The van der Waals surface area contributed by atoms with Gasteiger partial charge in [-0.05, 0) is 45.1 Å². The van der Waals surface area contributed by atoms with Crippen LogP contribution in [0.4, 0.5) is 0 Å². The molecule has 0 bridgehead atoms. The van der Waals surface area contributed by atoms with Crippen LogP contribution in [0.1, 0.15) is 26.3 Å². The fraction of sp³-hybridized carbons (Fsp3) is 0.600. The fourth-order valence-corrected chi connectivity index (χ4v) is 1.86. The van der Waals surface area contributed by atoms with Crippen molar-refractivity contribution < 1.29 is 0 Å². The Balaban J connectivity index is 2.47. The van der Waals surface area contributed by atoms with Gasteiger partial charge in [-0.1, -0.05) is 17.7 Å². The maximum absolute atomic E-state index is 5.78. The Kier molecular flexibility index (Phi) is 7.89. The molecule has 1 aromatic heterocycles. The van der Waals surface area contributed by atoms with Gasteiger partial charge in [-0.25, -0.2) is 4.98 Å². The molecule has 2 N–H and O–H groups in total. The Bertz CT molecular complexity index is 445. The number of hydrogen-bond donors (Lipinski definition) is 2. The van der Waals surface area contributed by atoms with Gasteiger partial charge < -0.3 is 10.6 Å². The number of thioether (sulfide) groups is 1. The zero-order valence-corrected chi connectivity index (χ0v) is 14.8. The van der Waals surface area contributed by atoms with Crippen molar-refractivity contribution in [2.24, 2.45) is 4.99 Å². The summed E-state index contributed by atoms with van der Waals surface area (Å²) in [6, 6.07) is 3.81. The quantitative estimate of drug-likeness (QED) is 0.459. The lowest BCUT2D eigenvalue weighted by Crippen LogP contribution is -2.39. The van der Waals surface area contributed by atoms with Gasteiger partial charge in [0.05, 0.1) is 6.54 Å². The molecule has 0 aliphatic carbocycles. The minimum Gasteiger partial charge on any atom is -0.357 e. The van der Waals surface area contributed by atoms with E-state index in [0.29, 0.717) is 5.15 Å². The second-order valence-corrected chi connectivity index (χ2v) is 7.23. The number of hydrogen-bond acceptors (Lipinski definition) is 3. The zero-order chi connectivity index (χ0) is 15.7. The molecule has 0 fully saturated rings. The molecule has 0 radical (unpaired) electrons. The van der Waals surface area contributed by atoms with E-state index in [1.807, 2.05) is 30.1 Å². The third-order valence-corrected chi connectivity index (χ3v) is 4.47. The lowest BCUT2D eigenvalue weighted by atomic mass is 10.2. The highest BCUT2D eigenvalue weighted by atomic mass is 35.5. The number of aliphatic imine (C=N–C) groups is 1. The van der Waals surface area contributed by atoms with Crippen molar-refractivity contribution in [1.82, 2.24) is 15.6 Å². The zero-order valence-electron chi connectivity index (χ0n) is 13.2. The van der Waals surface area contributed by atoms with Crippen molar-refractivity contribution in [2.45, 2.75) is 31.9 Å². The summed E-state index contributed by atoms with van der Waals surface area (Å²) in [5.74, 6) is 0.863. The van der Waals surface area contributed by atoms with Crippen molar-refractivity contribution in [2.75, 3.05) is 25.9 Å². The molecule has 1 aromatic rings. The maximum Gasteiger partial charge on any atom is 0.191 e. The lowest BCUT2D eigenvalue weighted by molar-refractivity contribution is 0.710. The first-order chi connectivity index (χ1) is 9.96. The van der Waals surface area contributed by atoms with E-state index in [9.17, 15) is 0 Å². The number of nitrogens with zero attached hydrogens (tertiary/aromatic N) is 2. The molecule has 0 saturated carbocycles. The highest BCUT2D eigenvalue weighted by Gasteiger charge is 2.15. The third-order valence-electron chi connectivity index (χ3n) is 3.01. The summed E-state index contributed by atoms with van der Waals surface area (Å²) in [6.45, 7) is 8.92. The molecule has 21 heavy (non-hydrogen) atoms. The van der Waals surface area contributed by atoms with Gasteiger partial charge in [-0.3, -0.25) is 4.99 Å². The second kappa shape index (κ2) is 9.15. The smallest absolute Gasteiger partial charge is 0.191 e. The van der Waals surface area contributed by atoms with E-state index in [4.69, 9.17) is 11.6 Å². The van der Waals surface area contributed by atoms with Crippen LogP contribution in [0.2, 0.25) is 5.15 Å². The summed E-state index contributed by atoms with van der Waals surface area (Å²) < 4.78 is 0.155. The minimum absolute atomic E-state index is 0.155. The molecule has 0 atom stereocenters. The Morgan fingerprint density at radius 2 is 2.14 bits per heavy atom. The van der Waals surface area contributed by atoms with Crippen LogP contribution in [0.3, 0.4) is 0 Å². The number of nitrogens with one attached hydrogen (secondary N) is 2. The molecule has 118 valence electrons. The molecule has 0 aliphatic heterocycles. The molecule has 0 saturated heterocycles. The van der Waals surface area contributed by atoms with Crippen molar-refractivity contribution in [3.8, 4) is 0 Å². The van der Waals surface area contributed by atoms with Crippen LogP contribution in [-0.2, 0) is 6.42 Å². The van der Waals surface area contributed by atoms with E-state index in [1.165, 1.54) is 0 Å². The molecule has 0 aromatic carbocycles. The maximum atomic E-state index is 5.78. The molecular weight excluding hydrogens is 304 g/mol. The summed E-state index contributed by atoms with van der Waals surface area (Å²) in [7, 11) is 0. The van der Waals surface area contributed by atoms with Crippen LogP contribution < -0.4 is 10.6 Å². The first-order valence-electron chi connectivity index (χ1n) is 7.14. The molecule has 0 unspecified atom stereocenters. The standard InChI is InChI=1S/C15H25ClN4S/c1-5-17-14(20-11-15(2,3)21-4)18-9-8-12-6-7-13(16)19-10-12/h6-7,10H,5,8-9,11H2,1-4H3,(H2,17,18,20). The predicted octanol–water partition coefficient (Wildman–Crippen LogP) is 2.97. The van der Waals surface area contributed by atoms with E-state index in [2.05, 4.69) is 47.6 Å².